The van der Waals surface area contributed by atoms with E-state index in [4.69, 9.17) is 0 Å². The zero-order valence-electron chi connectivity index (χ0n) is 15.3. The Morgan fingerprint density at radius 3 is 2.46 bits per heavy atom. The molecular weight excluding hydrogens is 328 g/mol. The summed E-state index contributed by atoms with van der Waals surface area (Å²) in [5.74, 6) is -0.827. The van der Waals surface area contributed by atoms with Crippen LogP contribution in [0.5, 0.6) is 0 Å². The van der Waals surface area contributed by atoms with E-state index in [2.05, 4.69) is 41.6 Å². The molecule has 0 spiro atoms. The lowest BCUT2D eigenvalue weighted by atomic mass is 9.87. The number of carbonyl (C=O) groups is 2. The van der Waals surface area contributed by atoms with Crippen molar-refractivity contribution in [2.45, 2.75) is 39.2 Å². The van der Waals surface area contributed by atoms with Gasteiger partial charge in [-0.05, 0) is 28.2 Å². The molecule has 0 unspecified atom stereocenters. The highest BCUT2D eigenvalue weighted by Crippen LogP contribution is 2.21. The van der Waals surface area contributed by atoms with Gasteiger partial charge in [-0.15, -0.1) is 0 Å². The molecule has 2 aromatic rings. The van der Waals surface area contributed by atoms with Crippen LogP contribution < -0.4 is 10.7 Å². The van der Waals surface area contributed by atoms with E-state index in [1.165, 1.54) is 5.56 Å². The molecule has 0 saturated carbocycles. The molecule has 0 aliphatic heterocycles. The van der Waals surface area contributed by atoms with E-state index in [1.807, 2.05) is 30.3 Å². The molecule has 0 aliphatic rings. The second kappa shape index (κ2) is 8.89. The molecule has 6 nitrogen and oxygen atoms in total. The first-order valence-electron chi connectivity index (χ1n) is 8.42. The van der Waals surface area contributed by atoms with Gasteiger partial charge >= 0.3 is 0 Å². The van der Waals surface area contributed by atoms with Gasteiger partial charge in [-0.25, -0.2) is 5.43 Å². The molecule has 26 heavy (non-hydrogen) atoms. The van der Waals surface area contributed by atoms with Gasteiger partial charge in [0.1, 0.15) is 6.42 Å². The average molecular weight is 352 g/mol. The molecule has 1 aromatic carbocycles. The Kier molecular flexibility index (Phi) is 6.60. The van der Waals surface area contributed by atoms with Crippen molar-refractivity contribution in [3.05, 3.63) is 65.5 Å². The summed E-state index contributed by atoms with van der Waals surface area (Å²) in [5.41, 5.74) is 5.43. The standard InChI is InChI=1S/C20H24N4O2/c1-20(2,3)17-8-6-15(7-9-17)14-23-24-19(26)11-18(25)22-13-16-5-4-10-21-12-16/h4-10,12,14H,11,13H2,1-3H3,(H,22,25)(H,24,26)/b23-14+. The molecule has 0 atom stereocenters. The van der Waals surface area contributed by atoms with Crippen molar-refractivity contribution in [1.82, 2.24) is 15.7 Å². The predicted molar refractivity (Wildman–Crippen MR) is 102 cm³/mol. The summed E-state index contributed by atoms with van der Waals surface area (Å²) >= 11 is 0. The fraction of sp³-hybridized carbons (Fsp3) is 0.300. The van der Waals surface area contributed by atoms with Crippen LogP contribution >= 0.6 is 0 Å². The average Bonchev–Trinajstić information content (AvgIpc) is 2.60. The third-order valence-corrected chi connectivity index (χ3v) is 3.71. The molecule has 6 heteroatoms. The molecule has 1 aromatic heterocycles. The van der Waals surface area contributed by atoms with Crippen LogP contribution in [0.1, 0.15) is 43.9 Å². The summed E-state index contributed by atoms with van der Waals surface area (Å²) in [6.45, 7) is 6.78. The van der Waals surface area contributed by atoms with E-state index >= 15 is 0 Å². The van der Waals surface area contributed by atoms with E-state index in [0.29, 0.717) is 6.54 Å². The van der Waals surface area contributed by atoms with Gasteiger partial charge in [-0.3, -0.25) is 14.6 Å². The van der Waals surface area contributed by atoms with Gasteiger partial charge in [0.05, 0.1) is 6.21 Å². The number of hydrazone groups is 1. The summed E-state index contributed by atoms with van der Waals surface area (Å²) in [4.78, 5) is 27.5. The van der Waals surface area contributed by atoms with Crippen molar-refractivity contribution in [2.75, 3.05) is 0 Å². The van der Waals surface area contributed by atoms with Gasteiger partial charge in [0, 0.05) is 18.9 Å². The van der Waals surface area contributed by atoms with Gasteiger partial charge in [-0.2, -0.15) is 5.10 Å². The highest BCUT2D eigenvalue weighted by Gasteiger charge is 2.12. The van der Waals surface area contributed by atoms with E-state index in [-0.39, 0.29) is 17.7 Å². The predicted octanol–water partition coefficient (Wildman–Crippen LogP) is 2.54. The molecule has 1 heterocycles. The number of pyridine rings is 1. The van der Waals surface area contributed by atoms with Gasteiger partial charge in [0.2, 0.25) is 11.8 Å². The largest absolute Gasteiger partial charge is 0.352 e. The Hall–Kier alpha value is -3.02. The summed E-state index contributed by atoms with van der Waals surface area (Å²) < 4.78 is 0. The van der Waals surface area contributed by atoms with Crippen LogP contribution in [-0.4, -0.2) is 23.0 Å². The minimum atomic E-state index is -0.462. The second-order valence-electron chi connectivity index (χ2n) is 6.98. The topological polar surface area (TPSA) is 83.5 Å². The molecule has 0 saturated heterocycles. The van der Waals surface area contributed by atoms with Gasteiger partial charge < -0.3 is 5.32 Å². The number of benzene rings is 1. The van der Waals surface area contributed by atoms with Crippen LogP contribution in [0.25, 0.3) is 0 Å². The van der Waals surface area contributed by atoms with Crippen molar-refractivity contribution in [3.8, 4) is 0 Å². The molecule has 0 aliphatic carbocycles. The molecule has 0 fully saturated rings. The zero-order chi connectivity index (χ0) is 19.0. The molecule has 0 radical (unpaired) electrons. The number of hydrogen-bond acceptors (Lipinski definition) is 4. The van der Waals surface area contributed by atoms with Gasteiger partial charge in [-0.1, -0.05) is 51.1 Å². The third-order valence-electron chi connectivity index (χ3n) is 3.71. The zero-order valence-corrected chi connectivity index (χ0v) is 15.3. The minimum absolute atomic E-state index is 0.0903. The van der Waals surface area contributed by atoms with Crippen LogP contribution in [0.2, 0.25) is 0 Å². The van der Waals surface area contributed by atoms with Crippen LogP contribution in [0.3, 0.4) is 0 Å². The Bertz CT molecular complexity index is 763. The lowest BCUT2D eigenvalue weighted by Crippen LogP contribution is -2.29. The summed E-state index contributed by atoms with van der Waals surface area (Å²) in [6.07, 6.45) is 4.60. The lowest BCUT2D eigenvalue weighted by Gasteiger charge is -2.18. The smallest absolute Gasteiger partial charge is 0.249 e. The summed E-state index contributed by atoms with van der Waals surface area (Å²) in [5, 5.41) is 6.56. The van der Waals surface area contributed by atoms with E-state index < -0.39 is 5.91 Å². The molecule has 136 valence electrons. The van der Waals surface area contributed by atoms with Crippen molar-refractivity contribution in [2.24, 2.45) is 5.10 Å². The number of nitrogens with one attached hydrogen (secondary N) is 2. The Labute approximate surface area is 153 Å². The lowest BCUT2D eigenvalue weighted by molar-refractivity contribution is -0.129. The molecule has 2 N–H and O–H groups in total. The monoisotopic (exact) mass is 352 g/mol. The first kappa shape index (κ1) is 19.3. The Balaban J connectivity index is 1.75. The normalized spacial score (nSPS) is 11.3. The van der Waals surface area contributed by atoms with E-state index in [9.17, 15) is 9.59 Å². The maximum atomic E-state index is 11.7. The van der Waals surface area contributed by atoms with E-state index in [1.54, 1.807) is 24.7 Å². The maximum Gasteiger partial charge on any atom is 0.249 e. The molecule has 2 amide bonds. The van der Waals surface area contributed by atoms with Crippen LogP contribution in [-0.2, 0) is 21.5 Å². The number of nitrogens with zero attached hydrogens (tertiary/aromatic N) is 2. The third kappa shape index (κ3) is 6.47. The number of hydrogen-bond donors (Lipinski definition) is 2. The van der Waals surface area contributed by atoms with Crippen LogP contribution in [0.15, 0.2) is 53.9 Å². The number of amides is 2. The SMILES string of the molecule is CC(C)(C)c1ccc(/C=N/NC(=O)CC(=O)NCc2cccnc2)cc1. The van der Waals surface area contributed by atoms with Crippen molar-refractivity contribution in [1.29, 1.82) is 0 Å². The van der Waals surface area contributed by atoms with Crippen LogP contribution in [0, 0.1) is 0 Å². The fourth-order valence-corrected chi connectivity index (χ4v) is 2.20. The van der Waals surface area contributed by atoms with Crippen molar-refractivity contribution >= 4 is 18.0 Å². The fourth-order valence-electron chi connectivity index (χ4n) is 2.20. The minimum Gasteiger partial charge on any atom is -0.352 e. The quantitative estimate of drug-likeness (QED) is 0.476. The molecule has 2 rings (SSSR count). The van der Waals surface area contributed by atoms with Crippen LogP contribution in [0.4, 0.5) is 0 Å². The first-order valence-corrected chi connectivity index (χ1v) is 8.42. The molecular formula is C20H24N4O2. The number of aromatic nitrogens is 1. The van der Waals surface area contributed by atoms with E-state index in [0.717, 1.165) is 11.1 Å². The Morgan fingerprint density at radius 1 is 1.12 bits per heavy atom. The summed E-state index contributed by atoms with van der Waals surface area (Å²) in [7, 11) is 0. The Morgan fingerprint density at radius 2 is 1.85 bits per heavy atom. The number of rotatable bonds is 6. The maximum absolute atomic E-state index is 11.7. The highest BCUT2D eigenvalue weighted by atomic mass is 16.2. The van der Waals surface area contributed by atoms with Gasteiger partial charge in [0.25, 0.3) is 0 Å². The number of carbonyl (C=O) groups excluding carboxylic acids is 2. The molecule has 0 bridgehead atoms. The van der Waals surface area contributed by atoms with Gasteiger partial charge in [0.15, 0.2) is 0 Å². The highest BCUT2D eigenvalue weighted by molar-refractivity contribution is 5.97. The second-order valence-corrected chi connectivity index (χ2v) is 6.98. The first-order chi connectivity index (χ1) is 12.3. The van der Waals surface area contributed by atoms with Crippen molar-refractivity contribution in [3.63, 3.8) is 0 Å². The summed E-state index contributed by atoms with van der Waals surface area (Å²) in [6, 6.07) is 11.6. The van der Waals surface area contributed by atoms with Crippen molar-refractivity contribution < 1.29 is 9.59 Å².